The quantitative estimate of drug-likeness (QED) is 0.172. The molecule has 5 aliphatic rings. The molecule has 5 aliphatic heterocycles. The molecular formula is C48H53N11O6. The molecule has 0 aliphatic carbocycles. The van der Waals surface area contributed by atoms with Crippen molar-refractivity contribution >= 4 is 52.2 Å². The molecule has 0 saturated carbocycles. The zero-order valence-corrected chi connectivity index (χ0v) is 36.3. The fourth-order valence-electron chi connectivity index (χ4n) is 10.2. The molecule has 1 atom stereocenters. The van der Waals surface area contributed by atoms with E-state index in [0.29, 0.717) is 41.6 Å². The molecule has 5 aromatic rings. The molecule has 336 valence electrons. The average Bonchev–Trinajstić information content (AvgIpc) is 3.84. The number of fused-ring (bicyclic) bond motifs is 2. The van der Waals surface area contributed by atoms with Crippen LogP contribution in [-0.4, -0.2) is 134 Å². The minimum Gasteiger partial charge on any atom is -0.457 e. The molecule has 3 aromatic carbocycles. The summed E-state index contributed by atoms with van der Waals surface area (Å²) in [6.07, 6.45) is 7.50. The number of hydrogen-bond donors (Lipinski definition) is 2. The van der Waals surface area contributed by atoms with Crippen molar-refractivity contribution in [1.29, 1.82) is 0 Å². The lowest BCUT2D eigenvalue weighted by Gasteiger charge is -2.39. The SMILES string of the molecule is Nc1ncnc2c1c(-c1ccc(Oc3ccccc3)cc1)nn2C1CCN(C(=O)N2CCC(CCCN3CCN(c4ccc5c(c4)C(=O)N(C4CCC(=O)NC4=O)C5=O)CC3)CC2)CC1. The minimum atomic E-state index is -0.973. The van der Waals surface area contributed by atoms with Crippen LogP contribution >= 0.6 is 0 Å². The Morgan fingerprint density at radius 1 is 0.754 bits per heavy atom. The number of urea groups is 1. The number of anilines is 2. The van der Waals surface area contributed by atoms with Gasteiger partial charge >= 0.3 is 6.03 Å². The number of piperidine rings is 3. The Labute approximate surface area is 376 Å². The number of ether oxygens (including phenoxy) is 1. The van der Waals surface area contributed by atoms with Crippen molar-refractivity contribution < 1.29 is 28.7 Å². The maximum atomic E-state index is 13.7. The molecule has 10 rings (SSSR count). The first-order valence-electron chi connectivity index (χ1n) is 22.9. The van der Waals surface area contributed by atoms with Crippen molar-refractivity contribution in [2.45, 2.75) is 63.5 Å². The summed E-state index contributed by atoms with van der Waals surface area (Å²) in [7, 11) is 0. The Morgan fingerprint density at radius 3 is 2.17 bits per heavy atom. The molecule has 7 heterocycles. The molecule has 0 spiro atoms. The average molecular weight is 880 g/mol. The lowest BCUT2D eigenvalue weighted by Crippen LogP contribution is -2.54. The van der Waals surface area contributed by atoms with Gasteiger partial charge in [-0.25, -0.2) is 19.4 Å². The van der Waals surface area contributed by atoms with Crippen LogP contribution < -0.4 is 20.7 Å². The molecule has 4 saturated heterocycles. The van der Waals surface area contributed by atoms with Gasteiger partial charge in [-0.1, -0.05) is 18.2 Å². The number of likely N-dealkylation sites (tertiary alicyclic amines) is 2. The number of nitrogens with zero attached hydrogens (tertiary/aromatic N) is 9. The number of benzene rings is 3. The van der Waals surface area contributed by atoms with Crippen LogP contribution in [0.2, 0.25) is 0 Å². The van der Waals surface area contributed by atoms with Crippen LogP contribution in [-0.2, 0) is 9.59 Å². The maximum absolute atomic E-state index is 13.7. The Balaban J connectivity index is 0.663. The first kappa shape index (κ1) is 42.1. The summed E-state index contributed by atoms with van der Waals surface area (Å²) >= 11 is 0. The Morgan fingerprint density at radius 2 is 1.45 bits per heavy atom. The molecule has 65 heavy (non-hydrogen) atoms. The highest BCUT2D eigenvalue weighted by Crippen LogP contribution is 2.36. The van der Waals surface area contributed by atoms with Crippen molar-refractivity contribution in [1.82, 2.24) is 44.7 Å². The predicted molar refractivity (Wildman–Crippen MR) is 242 cm³/mol. The second kappa shape index (κ2) is 17.9. The molecule has 17 heteroatoms. The van der Waals surface area contributed by atoms with E-state index in [1.54, 1.807) is 12.1 Å². The van der Waals surface area contributed by atoms with Gasteiger partial charge in [-0.2, -0.15) is 5.10 Å². The van der Waals surface area contributed by atoms with E-state index in [9.17, 15) is 24.0 Å². The topological polar surface area (TPSA) is 192 Å². The number of carbonyl (C=O) groups excluding carboxylic acids is 5. The summed E-state index contributed by atoms with van der Waals surface area (Å²) in [5, 5.41) is 8.04. The van der Waals surface area contributed by atoms with Crippen LogP contribution in [0.5, 0.6) is 11.5 Å². The van der Waals surface area contributed by atoms with Crippen molar-refractivity contribution in [2.75, 3.05) is 69.5 Å². The van der Waals surface area contributed by atoms with E-state index in [1.807, 2.05) is 75.1 Å². The summed E-state index contributed by atoms with van der Waals surface area (Å²) in [5.74, 6) is 0.494. The van der Waals surface area contributed by atoms with E-state index in [-0.39, 0.29) is 24.9 Å². The highest BCUT2D eigenvalue weighted by Gasteiger charge is 2.45. The third kappa shape index (κ3) is 8.47. The molecule has 1 unspecified atom stereocenters. The largest absolute Gasteiger partial charge is 0.457 e. The van der Waals surface area contributed by atoms with Gasteiger partial charge < -0.3 is 25.2 Å². The Kier molecular flexibility index (Phi) is 11.6. The fraction of sp³-hybridized carbons (Fsp3) is 0.417. The van der Waals surface area contributed by atoms with Crippen molar-refractivity contribution in [3.05, 3.63) is 90.3 Å². The van der Waals surface area contributed by atoms with E-state index >= 15 is 0 Å². The Bertz CT molecular complexity index is 2610. The van der Waals surface area contributed by atoms with Gasteiger partial charge in [0.2, 0.25) is 11.8 Å². The smallest absolute Gasteiger partial charge is 0.320 e. The van der Waals surface area contributed by atoms with Crippen LogP contribution in [0.25, 0.3) is 22.3 Å². The zero-order valence-electron chi connectivity index (χ0n) is 36.3. The number of aromatic nitrogens is 4. The van der Waals surface area contributed by atoms with Gasteiger partial charge in [0.25, 0.3) is 11.8 Å². The van der Waals surface area contributed by atoms with Gasteiger partial charge in [0, 0.05) is 70.0 Å². The van der Waals surface area contributed by atoms with Gasteiger partial charge in [0.05, 0.1) is 22.6 Å². The predicted octanol–water partition coefficient (Wildman–Crippen LogP) is 5.34. The number of nitrogens with one attached hydrogen (secondary N) is 1. The second-order valence-electron chi connectivity index (χ2n) is 17.8. The van der Waals surface area contributed by atoms with Crippen LogP contribution in [0.15, 0.2) is 79.1 Å². The van der Waals surface area contributed by atoms with Crippen LogP contribution in [0.1, 0.15) is 78.1 Å². The molecule has 0 radical (unpaired) electrons. The minimum absolute atomic E-state index is 0.0654. The summed E-state index contributed by atoms with van der Waals surface area (Å²) in [6.45, 7) is 7.27. The molecule has 4 fully saturated rings. The van der Waals surface area contributed by atoms with Crippen LogP contribution in [0, 0.1) is 5.92 Å². The second-order valence-corrected chi connectivity index (χ2v) is 17.8. The summed E-state index contributed by atoms with van der Waals surface area (Å²) in [6, 6.07) is 22.0. The number of nitrogens with two attached hydrogens (primary N) is 1. The zero-order chi connectivity index (χ0) is 44.6. The first-order chi connectivity index (χ1) is 31.7. The van der Waals surface area contributed by atoms with E-state index < -0.39 is 29.7 Å². The molecule has 3 N–H and O–H groups in total. The van der Waals surface area contributed by atoms with E-state index in [1.165, 1.54) is 6.33 Å². The molecule has 2 aromatic heterocycles. The lowest BCUT2D eigenvalue weighted by atomic mass is 9.92. The first-order valence-corrected chi connectivity index (χ1v) is 22.9. The van der Waals surface area contributed by atoms with Crippen molar-refractivity contribution in [3.8, 4) is 22.8 Å². The third-order valence-electron chi connectivity index (χ3n) is 13.8. The fourth-order valence-corrected chi connectivity index (χ4v) is 10.2. The van der Waals surface area contributed by atoms with E-state index in [2.05, 4.69) is 25.1 Å². The normalized spacial score (nSPS) is 20.2. The van der Waals surface area contributed by atoms with E-state index in [0.717, 1.165) is 123 Å². The molecular weight excluding hydrogens is 827 g/mol. The number of rotatable bonds is 10. The van der Waals surface area contributed by atoms with Crippen molar-refractivity contribution in [3.63, 3.8) is 0 Å². The van der Waals surface area contributed by atoms with Crippen LogP contribution in [0.3, 0.4) is 0 Å². The lowest BCUT2D eigenvalue weighted by molar-refractivity contribution is -0.136. The van der Waals surface area contributed by atoms with Gasteiger partial charge in [-0.3, -0.25) is 34.3 Å². The molecule has 6 amide bonds. The molecule has 0 bridgehead atoms. The van der Waals surface area contributed by atoms with Gasteiger partial charge in [0.1, 0.15) is 35.4 Å². The van der Waals surface area contributed by atoms with Gasteiger partial charge in [-0.05, 0) is 112 Å². The third-order valence-corrected chi connectivity index (χ3v) is 13.8. The Hall–Kier alpha value is -6.88. The van der Waals surface area contributed by atoms with Crippen molar-refractivity contribution in [2.24, 2.45) is 5.92 Å². The number of hydrogen-bond acceptors (Lipinski definition) is 12. The number of imide groups is 2. The van der Waals surface area contributed by atoms with E-state index in [4.69, 9.17) is 15.6 Å². The number of para-hydroxylation sites is 1. The maximum Gasteiger partial charge on any atom is 0.320 e. The highest BCUT2D eigenvalue weighted by atomic mass is 16.5. The number of nitrogen functional groups attached to an aromatic ring is 1. The summed E-state index contributed by atoms with van der Waals surface area (Å²) in [5.41, 5.74) is 10.2. The van der Waals surface area contributed by atoms with Gasteiger partial charge in [0.15, 0.2) is 5.65 Å². The summed E-state index contributed by atoms with van der Waals surface area (Å²) < 4.78 is 7.98. The summed E-state index contributed by atoms with van der Waals surface area (Å²) in [4.78, 5) is 83.0. The van der Waals surface area contributed by atoms with Crippen LogP contribution in [0.4, 0.5) is 16.3 Å². The standard InChI is InChI=1S/C48H53N11O6/c49-43-41-42(32-8-11-36(12-9-32)65-35-6-2-1-3-7-35)53-59(44(41)51-30-50-43)33-18-23-57(24-19-33)48(64)56-21-16-31(17-22-56)5-4-20-54-25-27-55(28-26-54)34-10-13-37-38(29-34)47(63)58(46(37)62)39-14-15-40(60)52-45(39)61/h1-3,6-13,29-31,33,39H,4-5,14-28H2,(H2,49,50,51)(H,52,60,61). The number of amides is 6. The molecule has 17 nitrogen and oxygen atoms in total. The van der Waals surface area contributed by atoms with Gasteiger partial charge in [-0.15, -0.1) is 0 Å². The highest BCUT2D eigenvalue weighted by molar-refractivity contribution is 6.23. The number of carbonyl (C=O) groups is 5. The monoisotopic (exact) mass is 879 g/mol. The number of piperazine rings is 1.